The SMILES string of the molecule is Cc1nsc(NCc2cccc([N+](=O)[O-])c2)n1. The van der Waals surface area contributed by atoms with E-state index in [2.05, 4.69) is 14.7 Å². The molecule has 0 aliphatic heterocycles. The van der Waals surface area contributed by atoms with E-state index in [-0.39, 0.29) is 5.69 Å². The van der Waals surface area contributed by atoms with Crippen LogP contribution in [-0.2, 0) is 6.54 Å². The van der Waals surface area contributed by atoms with Crippen molar-refractivity contribution in [1.82, 2.24) is 9.36 Å². The van der Waals surface area contributed by atoms with Crippen LogP contribution in [0.1, 0.15) is 11.4 Å². The molecule has 0 aliphatic carbocycles. The second-order valence-corrected chi connectivity index (χ2v) is 4.18. The van der Waals surface area contributed by atoms with Crippen LogP contribution in [0.3, 0.4) is 0 Å². The van der Waals surface area contributed by atoms with Crippen LogP contribution < -0.4 is 5.32 Å². The average Bonchev–Trinajstić information content (AvgIpc) is 2.73. The van der Waals surface area contributed by atoms with E-state index >= 15 is 0 Å². The van der Waals surface area contributed by atoms with Crippen molar-refractivity contribution >= 4 is 22.4 Å². The molecule has 6 nitrogen and oxygen atoms in total. The summed E-state index contributed by atoms with van der Waals surface area (Å²) in [6.45, 7) is 2.31. The number of aromatic nitrogens is 2. The Morgan fingerprint density at radius 3 is 3.00 bits per heavy atom. The van der Waals surface area contributed by atoms with Gasteiger partial charge in [0, 0.05) is 30.2 Å². The third kappa shape index (κ3) is 2.97. The van der Waals surface area contributed by atoms with Gasteiger partial charge in [-0.1, -0.05) is 12.1 Å². The third-order valence-electron chi connectivity index (χ3n) is 2.09. The van der Waals surface area contributed by atoms with Gasteiger partial charge in [0.05, 0.1) is 4.92 Å². The molecule has 0 atom stereocenters. The standard InChI is InChI=1S/C10H10N4O2S/c1-7-12-10(17-13-7)11-6-8-3-2-4-9(5-8)14(15)16/h2-5H,6H2,1H3,(H,11,12,13). The van der Waals surface area contributed by atoms with E-state index in [1.54, 1.807) is 12.1 Å². The Bertz CT molecular complexity index is 541. The lowest BCUT2D eigenvalue weighted by molar-refractivity contribution is -0.384. The minimum absolute atomic E-state index is 0.0951. The molecule has 0 fully saturated rings. The molecule has 0 bridgehead atoms. The highest BCUT2D eigenvalue weighted by atomic mass is 32.1. The molecule has 1 aromatic carbocycles. The molecule has 0 unspecified atom stereocenters. The molecule has 0 amide bonds. The van der Waals surface area contributed by atoms with Crippen LogP contribution in [0.4, 0.5) is 10.8 Å². The second kappa shape index (κ2) is 4.88. The van der Waals surface area contributed by atoms with Gasteiger partial charge in [-0.15, -0.1) is 0 Å². The number of nitrogens with one attached hydrogen (secondary N) is 1. The third-order valence-corrected chi connectivity index (χ3v) is 2.86. The van der Waals surface area contributed by atoms with Crippen LogP contribution in [-0.4, -0.2) is 14.3 Å². The molecule has 0 radical (unpaired) electrons. The molecule has 1 aromatic heterocycles. The Morgan fingerprint density at radius 2 is 2.35 bits per heavy atom. The molecule has 0 aliphatic rings. The molecular weight excluding hydrogens is 240 g/mol. The first-order chi connectivity index (χ1) is 8.15. The van der Waals surface area contributed by atoms with Crippen molar-refractivity contribution in [2.75, 3.05) is 5.32 Å². The number of aryl methyl sites for hydroxylation is 1. The van der Waals surface area contributed by atoms with Gasteiger partial charge in [-0.05, 0) is 12.5 Å². The molecule has 0 saturated carbocycles. The first-order valence-corrected chi connectivity index (χ1v) is 5.70. The molecule has 88 valence electrons. The lowest BCUT2D eigenvalue weighted by atomic mass is 10.2. The maximum Gasteiger partial charge on any atom is 0.269 e. The van der Waals surface area contributed by atoms with Crippen molar-refractivity contribution in [2.45, 2.75) is 13.5 Å². The Balaban J connectivity index is 2.04. The minimum Gasteiger partial charge on any atom is -0.356 e. The molecule has 0 spiro atoms. The predicted octanol–water partition coefficient (Wildman–Crippen LogP) is 2.37. The largest absolute Gasteiger partial charge is 0.356 e. The molecule has 1 N–H and O–H groups in total. The van der Waals surface area contributed by atoms with Crippen molar-refractivity contribution < 1.29 is 4.92 Å². The van der Waals surface area contributed by atoms with Gasteiger partial charge < -0.3 is 5.32 Å². The van der Waals surface area contributed by atoms with Crippen LogP contribution in [0.2, 0.25) is 0 Å². The van der Waals surface area contributed by atoms with Gasteiger partial charge in [0.25, 0.3) is 5.69 Å². The van der Waals surface area contributed by atoms with Crippen LogP contribution in [0.15, 0.2) is 24.3 Å². The summed E-state index contributed by atoms with van der Waals surface area (Å²) < 4.78 is 4.03. The summed E-state index contributed by atoms with van der Waals surface area (Å²) in [7, 11) is 0. The van der Waals surface area contributed by atoms with E-state index in [4.69, 9.17) is 0 Å². The minimum atomic E-state index is -0.404. The summed E-state index contributed by atoms with van der Waals surface area (Å²) in [6.07, 6.45) is 0. The summed E-state index contributed by atoms with van der Waals surface area (Å²) in [4.78, 5) is 14.3. The first kappa shape index (κ1) is 11.5. The van der Waals surface area contributed by atoms with Gasteiger partial charge in [-0.3, -0.25) is 10.1 Å². The van der Waals surface area contributed by atoms with Crippen LogP contribution in [0.5, 0.6) is 0 Å². The van der Waals surface area contributed by atoms with E-state index < -0.39 is 4.92 Å². The molecule has 2 aromatic rings. The highest BCUT2D eigenvalue weighted by Gasteiger charge is 2.06. The van der Waals surface area contributed by atoms with Gasteiger partial charge in [0.2, 0.25) is 5.13 Å². The zero-order valence-electron chi connectivity index (χ0n) is 9.08. The van der Waals surface area contributed by atoms with Crippen molar-refractivity contribution in [1.29, 1.82) is 0 Å². The van der Waals surface area contributed by atoms with Gasteiger partial charge >= 0.3 is 0 Å². The topological polar surface area (TPSA) is 81.0 Å². The Hall–Kier alpha value is -2.02. The zero-order valence-corrected chi connectivity index (χ0v) is 9.90. The molecule has 2 rings (SSSR count). The van der Waals surface area contributed by atoms with Crippen molar-refractivity contribution in [3.05, 3.63) is 45.8 Å². The molecule has 0 saturated heterocycles. The number of nitro benzene ring substituents is 1. The van der Waals surface area contributed by atoms with E-state index in [9.17, 15) is 10.1 Å². The summed E-state index contributed by atoms with van der Waals surface area (Å²) in [5, 5.41) is 14.4. The van der Waals surface area contributed by atoms with Gasteiger partial charge in [0.1, 0.15) is 5.82 Å². The maximum absolute atomic E-state index is 10.6. The van der Waals surface area contributed by atoms with Crippen LogP contribution in [0.25, 0.3) is 0 Å². The smallest absolute Gasteiger partial charge is 0.269 e. The Kier molecular flexibility index (Phi) is 3.29. The highest BCUT2D eigenvalue weighted by Crippen LogP contribution is 2.15. The fourth-order valence-electron chi connectivity index (χ4n) is 1.33. The number of nitro groups is 1. The first-order valence-electron chi connectivity index (χ1n) is 4.92. The van der Waals surface area contributed by atoms with Crippen molar-refractivity contribution in [3.63, 3.8) is 0 Å². The zero-order chi connectivity index (χ0) is 12.3. The van der Waals surface area contributed by atoms with Crippen LogP contribution >= 0.6 is 11.5 Å². The normalized spacial score (nSPS) is 10.2. The second-order valence-electron chi connectivity index (χ2n) is 3.43. The molecule has 1 heterocycles. The maximum atomic E-state index is 10.6. The van der Waals surface area contributed by atoms with Gasteiger partial charge in [-0.2, -0.15) is 4.37 Å². The highest BCUT2D eigenvalue weighted by molar-refractivity contribution is 7.09. The number of benzene rings is 1. The number of nitrogens with zero attached hydrogens (tertiary/aromatic N) is 3. The predicted molar refractivity (Wildman–Crippen MR) is 65.1 cm³/mol. The summed E-state index contributed by atoms with van der Waals surface area (Å²) in [5.74, 6) is 0.719. The number of anilines is 1. The lowest BCUT2D eigenvalue weighted by Crippen LogP contribution is -1.99. The molecule has 17 heavy (non-hydrogen) atoms. The van der Waals surface area contributed by atoms with Crippen molar-refractivity contribution in [3.8, 4) is 0 Å². The van der Waals surface area contributed by atoms with Crippen LogP contribution in [0, 0.1) is 17.0 Å². The van der Waals surface area contributed by atoms with Gasteiger partial charge in [0.15, 0.2) is 0 Å². The van der Waals surface area contributed by atoms with Gasteiger partial charge in [-0.25, -0.2) is 4.98 Å². The van der Waals surface area contributed by atoms with E-state index in [1.165, 1.54) is 17.6 Å². The number of non-ortho nitro benzene ring substituents is 1. The fraction of sp³-hybridized carbons (Fsp3) is 0.200. The van der Waals surface area contributed by atoms with E-state index in [0.717, 1.165) is 11.4 Å². The average molecular weight is 250 g/mol. The number of hydrogen-bond acceptors (Lipinski definition) is 6. The number of rotatable bonds is 4. The lowest BCUT2D eigenvalue weighted by Gasteiger charge is -2.01. The summed E-state index contributed by atoms with van der Waals surface area (Å²) in [6, 6.07) is 6.51. The van der Waals surface area contributed by atoms with E-state index in [0.29, 0.717) is 11.7 Å². The Labute approximate surface area is 102 Å². The van der Waals surface area contributed by atoms with Crippen molar-refractivity contribution in [2.24, 2.45) is 0 Å². The summed E-state index contributed by atoms with van der Waals surface area (Å²) >= 11 is 1.27. The molecule has 7 heteroatoms. The number of hydrogen-bond donors (Lipinski definition) is 1. The fourth-order valence-corrected chi connectivity index (χ4v) is 1.90. The molecular formula is C10H10N4O2S. The Morgan fingerprint density at radius 1 is 1.53 bits per heavy atom. The monoisotopic (exact) mass is 250 g/mol. The van der Waals surface area contributed by atoms with E-state index in [1.807, 2.05) is 13.0 Å². The quantitative estimate of drug-likeness (QED) is 0.665. The summed E-state index contributed by atoms with van der Waals surface area (Å²) in [5.41, 5.74) is 0.935.